The Labute approximate surface area is 157 Å². The van der Waals surface area contributed by atoms with E-state index in [2.05, 4.69) is 5.32 Å². The van der Waals surface area contributed by atoms with E-state index in [0.717, 1.165) is 25.3 Å². The molecule has 2 fully saturated rings. The molecule has 0 radical (unpaired) electrons. The topological polar surface area (TPSA) is 64.4 Å². The lowest BCUT2D eigenvalue weighted by Crippen LogP contribution is -2.45. The largest absolute Gasteiger partial charge is 0.416 e. The number of alkyl halides is 3. The predicted molar refractivity (Wildman–Crippen MR) is 96.1 cm³/mol. The van der Waals surface area contributed by atoms with Gasteiger partial charge >= 0.3 is 6.18 Å². The highest BCUT2D eigenvalue weighted by Crippen LogP contribution is 2.38. The Kier molecular flexibility index (Phi) is 6.11. The lowest BCUT2D eigenvalue weighted by Gasteiger charge is -2.38. The zero-order chi connectivity index (χ0) is 19.5. The van der Waals surface area contributed by atoms with E-state index in [-0.39, 0.29) is 17.9 Å². The number of benzene rings is 1. The molecule has 2 atom stereocenters. The average Bonchev–Trinajstić information content (AvgIpc) is 3.05. The highest BCUT2D eigenvalue weighted by atomic mass is 19.4. The SMILES string of the molecule is N[C@@H]1CCC[C@H]1CC(=O)NCC1(c2cccc(C(F)(F)F)c2)CCOCC1. The second-order valence-electron chi connectivity index (χ2n) is 7.81. The van der Waals surface area contributed by atoms with Crippen molar-refractivity contribution in [2.75, 3.05) is 19.8 Å². The molecule has 1 amide bonds. The van der Waals surface area contributed by atoms with Crippen molar-refractivity contribution in [2.24, 2.45) is 11.7 Å². The van der Waals surface area contributed by atoms with Crippen molar-refractivity contribution in [3.05, 3.63) is 35.4 Å². The van der Waals surface area contributed by atoms with Gasteiger partial charge in [-0.15, -0.1) is 0 Å². The standard InChI is InChI=1S/C20H27F3N2O2/c21-20(22,23)16-5-2-4-15(12-16)19(7-9-27-10-8-19)13-25-18(26)11-14-3-1-6-17(14)24/h2,4-5,12,14,17H,1,3,6-11,13,24H2,(H,25,26)/t14-,17+/m0/s1. The van der Waals surface area contributed by atoms with E-state index in [1.54, 1.807) is 6.07 Å². The summed E-state index contributed by atoms with van der Waals surface area (Å²) in [6.07, 6.45) is 0.116. The van der Waals surface area contributed by atoms with Crippen LogP contribution in [0.2, 0.25) is 0 Å². The molecule has 4 nitrogen and oxygen atoms in total. The summed E-state index contributed by atoms with van der Waals surface area (Å²) in [6, 6.07) is 5.52. The number of nitrogens with two attached hydrogens (primary N) is 1. The van der Waals surface area contributed by atoms with Gasteiger partial charge in [0.1, 0.15) is 0 Å². The molecule has 2 aliphatic rings. The van der Waals surface area contributed by atoms with Crippen LogP contribution in [0.4, 0.5) is 13.2 Å². The average molecular weight is 384 g/mol. The van der Waals surface area contributed by atoms with Gasteiger partial charge in [0, 0.05) is 37.6 Å². The molecule has 27 heavy (non-hydrogen) atoms. The molecule has 0 unspecified atom stereocenters. The van der Waals surface area contributed by atoms with E-state index in [9.17, 15) is 18.0 Å². The molecule has 1 heterocycles. The Bertz CT molecular complexity index is 657. The Balaban J connectivity index is 1.72. The number of nitrogens with one attached hydrogen (secondary N) is 1. The van der Waals surface area contributed by atoms with Gasteiger partial charge in [-0.3, -0.25) is 4.79 Å². The molecule has 1 aliphatic heterocycles. The summed E-state index contributed by atoms with van der Waals surface area (Å²) >= 11 is 0. The summed E-state index contributed by atoms with van der Waals surface area (Å²) in [5.74, 6) is 0.124. The smallest absolute Gasteiger partial charge is 0.381 e. The normalized spacial score (nSPS) is 25.3. The molecule has 0 bridgehead atoms. The maximum Gasteiger partial charge on any atom is 0.416 e. The van der Waals surface area contributed by atoms with Crippen molar-refractivity contribution in [3.8, 4) is 0 Å². The number of carbonyl (C=O) groups excluding carboxylic acids is 1. The summed E-state index contributed by atoms with van der Waals surface area (Å²) < 4.78 is 44.8. The molecular formula is C20H27F3N2O2. The van der Waals surface area contributed by atoms with Crippen LogP contribution in [0.1, 0.15) is 49.7 Å². The van der Waals surface area contributed by atoms with E-state index in [1.807, 2.05) is 0 Å². The van der Waals surface area contributed by atoms with Crippen LogP contribution in [0.15, 0.2) is 24.3 Å². The number of halogens is 3. The van der Waals surface area contributed by atoms with Crippen LogP contribution in [-0.4, -0.2) is 31.7 Å². The summed E-state index contributed by atoms with van der Waals surface area (Å²) in [5, 5.41) is 2.97. The first kappa shape index (κ1) is 20.1. The van der Waals surface area contributed by atoms with E-state index in [1.165, 1.54) is 12.1 Å². The fourth-order valence-electron chi connectivity index (χ4n) is 4.25. The number of amides is 1. The van der Waals surface area contributed by atoms with Gasteiger partial charge in [-0.1, -0.05) is 24.6 Å². The van der Waals surface area contributed by atoms with Gasteiger partial charge in [0.05, 0.1) is 5.56 Å². The van der Waals surface area contributed by atoms with Crippen molar-refractivity contribution in [3.63, 3.8) is 0 Å². The molecule has 1 aromatic carbocycles. The monoisotopic (exact) mass is 384 g/mol. The van der Waals surface area contributed by atoms with Crippen LogP contribution in [-0.2, 0) is 21.1 Å². The minimum Gasteiger partial charge on any atom is -0.381 e. The summed E-state index contributed by atoms with van der Waals surface area (Å²) in [4.78, 5) is 12.4. The lowest BCUT2D eigenvalue weighted by atomic mass is 9.73. The van der Waals surface area contributed by atoms with Crippen molar-refractivity contribution in [1.29, 1.82) is 0 Å². The van der Waals surface area contributed by atoms with Crippen molar-refractivity contribution in [2.45, 2.75) is 56.2 Å². The van der Waals surface area contributed by atoms with Crippen LogP contribution < -0.4 is 11.1 Å². The number of hydrogen-bond acceptors (Lipinski definition) is 3. The van der Waals surface area contributed by atoms with Gasteiger partial charge < -0.3 is 15.8 Å². The Morgan fingerprint density at radius 2 is 2.00 bits per heavy atom. The molecule has 150 valence electrons. The quantitative estimate of drug-likeness (QED) is 0.818. The molecule has 0 spiro atoms. The zero-order valence-electron chi connectivity index (χ0n) is 15.4. The third-order valence-electron chi connectivity index (χ3n) is 6.04. The molecule has 3 N–H and O–H groups in total. The van der Waals surface area contributed by atoms with Gasteiger partial charge in [-0.2, -0.15) is 13.2 Å². The first-order chi connectivity index (χ1) is 12.8. The molecule has 0 aromatic heterocycles. The van der Waals surface area contributed by atoms with E-state index >= 15 is 0 Å². The Morgan fingerprint density at radius 1 is 1.26 bits per heavy atom. The number of ether oxygens (including phenoxy) is 1. The Hall–Kier alpha value is -1.60. The minimum atomic E-state index is -4.38. The predicted octanol–water partition coefficient (Wildman–Crippen LogP) is 3.39. The van der Waals surface area contributed by atoms with Crippen LogP contribution >= 0.6 is 0 Å². The molecule has 1 aliphatic carbocycles. The molecule has 1 aromatic rings. The van der Waals surface area contributed by atoms with Gasteiger partial charge in [-0.25, -0.2) is 0 Å². The maximum atomic E-state index is 13.1. The first-order valence-electron chi connectivity index (χ1n) is 9.58. The van der Waals surface area contributed by atoms with Crippen LogP contribution in [0.5, 0.6) is 0 Å². The number of rotatable bonds is 5. The first-order valence-corrected chi connectivity index (χ1v) is 9.58. The van der Waals surface area contributed by atoms with Gasteiger partial charge in [0.15, 0.2) is 0 Å². The Morgan fingerprint density at radius 3 is 2.63 bits per heavy atom. The molecular weight excluding hydrogens is 357 g/mol. The molecule has 1 saturated carbocycles. The van der Waals surface area contributed by atoms with Crippen molar-refractivity contribution < 1.29 is 22.7 Å². The third kappa shape index (κ3) is 4.82. The van der Waals surface area contributed by atoms with Crippen LogP contribution in [0.25, 0.3) is 0 Å². The molecule has 7 heteroatoms. The van der Waals surface area contributed by atoms with Gasteiger partial charge in [0.25, 0.3) is 0 Å². The lowest BCUT2D eigenvalue weighted by molar-refractivity contribution is -0.137. The summed E-state index contributed by atoms with van der Waals surface area (Å²) in [7, 11) is 0. The number of hydrogen-bond donors (Lipinski definition) is 2. The zero-order valence-corrected chi connectivity index (χ0v) is 15.4. The minimum absolute atomic E-state index is 0.0660. The van der Waals surface area contributed by atoms with E-state index in [0.29, 0.717) is 44.6 Å². The third-order valence-corrected chi connectivity index (χ3v) is 6.04. The second-order valence-corrected chi connectivity index (χ2v) is 7.81. The fraction of sp³-hybridized carbons (Fsp3) is 0.650. The van der Waals surface area contributed by atoms with Gasteiger partial charge in [0.2, 0.25) is 5.91 Å². The number of carbonyl (C=O) groups is 1. The summed E-state index contributed by atoms with van der Waals surface area (Å²) in [5.41, 5.74) is 5.45. The van der Waals surface area contributed by atoms with E-state index in [4.69, 9.17) is 10.5 Å². The maximum absolute atomic E-state index is 13.1. The van der Waals surface area contributed by atoms with Crippen LogP contribution in [0.3, 0.4) is 0 Å². The van der Waals surface area contributed by atoms with Crippen molar-refractivity contribution in [1.82, 2.24) is 5.32 Å². The molecule has 3 rings (SSSR count). The van der Waals surface area contributed by atoms with Crippen LogP contribution in [0, 0.1) is 5.92 Å². The van der Waals surface area contributed by atoms with E-state index < -0.39 is 17.2 Å². The van der Waals surface area contributed by atoms with Crippen molar-refractivity contribution >= 4 is 5.91 Å². The summed E-state index contributed by atoms with van der Waals surface area (Å²) in [6.45, 7) is 1.26. The van der Waals surface area contributed by atoms with Gasteiger partial charge in [-0.05, 0) is 43.2 Å². The highest BCUT2D eigenvalue weighted by molar-refractivity contribution is 5.76. The second kappa shape index (κ2) is 8.19. The fourth-order valence-corrected chi connectivity index (χ4v) is 4.25. The molecule has 1 saturated heterocycles. The highest BCUT2D eigenvalue weighted by Gasteiger charge is 2.38.